The number of halogens is 2. The van der Waals surface area contributed by atoms with Crippen LogP contribution in [0, 0.1) is 12.7 Å². The molecule has 106 valence electrons. The molecule has 0 saturated heterocycles. The summed E-state index contributed by atoms with van der Waals surface area (Å²) in [4.78, 5) is 16.8. The number of rotatable bonds is 4. The molecule has 6 nitrogen and oxygen atoms in total. The summed E-state index contributed by atoms with van der Waals surface area (Å²) in [6, 6.07) is 1.58. The van der Waals surface area contributed by atoms with Crippen molar-refractivity contribution in [1.82, 2.24) is 10.1 Å². The largest absolute Gasteiger partial charge is 0.362 e. The first-order valence-corrected chi connectivity index (χ1v) is 6.08. The Morgan fingerprint density at radius 2 is 2.30 bits per heavy atom. The Balaban J connectivity index is 2.04. The third kappa shape index (κ3) is 3.24. The maximum absolute atomic E-state index is 13.6. The number of aromatic nitrogens is 2. The SMILES string of the molecule is Cc1cc(NC(=O)CN(C)c2c(F)cncc2Cl)no1. The summed E-state index contributed by atoms with van der Waals surface area (Å²) in [5.74, 6) is -0.0720. The molecule has 2 rings (SSSR count). The number of amides is 1. The van der Waals surface area contributed by atoms with E-state index in [4.69, 9.17) is 16.1 Å². The number of hydrogen-bond donors (Lipinski definition) is 1. The lowest BCUT2D eigenvalue weighted by atomic mass is 10.3. The molecule has 0 radical (unpaired) electrons. The minimum absolute atomic E-state index is 0.0907. The highest BCUT2D eigenvalue weighted by Crippen LogP contribution is 2.26. The standard InChI is InChI=1S/C12H12ClFN4O2/c1-7-3-10(17-20-7)16-11(19)6-18(2)12-8(13)4-15-5-9(12)14/h3-5H,6H2,1-2H3,(H,16,17,19). The fourth-order valence-electron chi connectivity index (χ4n) is 1.67. The topological polar surface area (TPSA) is 71.3 Å². The van der Waals surface area contributed by atoms with Crippen LogP contribution in [0.4, 0.5) is 15.9 Å². The van der Waals surface area contributed by atoms with Gasteiger partial charge in [-0.15, -0.1) is 0 Å². The van der Waals surface area contributed by atoms with Gasteiger partial charge in [0.05, 0.1) is 23.5 Å². The van der Waals surface area contributed by atoms with Crippen molar-refractivity contribution < 1.29 is 13.7 Å². The Labute approximate surface area is 119 Å². The minimum Gasteiger partial charge on any atom is -0.362 e. The van der Waals surface area contributed by atoms with Crippen LogP contribution in [-0.2, 0) is 4.79 Å². The third-order valence-corrected chi connectivity index (χ3v) is 2.76. The van der Waals surface area contributed by atoms with E-state index < -0.39 is 5.82 Å². The predicted molar refractivity (Wildman–Crippen MR) is 72.3 cm³/mol. The first-order chi connectivity index (χ1) is 9.47. The monoisotopic (exact) mass is 298 g/mol. The van der Waals surface area contributed by atoms with E-state index in [9.17, 15) is 9.18 Å². The Morgan fingerprint density at radius 3 is 2.90 bits per heavy atom. The van der Waals surface area contributed by atoms with Crippen LogP contribution >= 0.6 is 11.6 Å². The van der Waals surface area contributed by atoms with Gasteiger partial charge in [-0.3, -0.25) is 9.78 Å². The number of nitrogens with one attached hydrogen (secondary N) is 1. The summed E-state index contributed by atoms with van der Waals surface area (Å²) in [6.07, 6.45) is 2.35. The van der Waals surface area contributed by atoms with Crippen LogP contribution in [0.3, 0.4) is 0 Å². The van der Waals surface area contributed by atoms with Gasteiger partial charge in [0.2, 0.25) is 5.91 Å². The summed E-state index contributed by atoms with van der Waals surface area (Å²) in [6.45, 7) is 1.62. The second-order valence-electron chi connectivity index (χ2n) is 4.18. The molecule has 0 aliphatic carbocycles. The fraction of sp³-hybridized carbons (Fsp3) is 0.250. The molecule has 1 N–H and O–H groups in total. The Bertz CT molecular complexity index is 611. The Morgan fingerprint density at radius 1 is 1.55 bits per heavy atom. The zero-order valence-electron chi connectivity index (χ0n) is 10.9. The minimum atomic E-state index is -0.593. The molecule has 2 aromatic heterocycles. The molecular formula is C12H12ClFN4O2. The fourth-order valence-corrected chi connectivity index (χ4v) is 1.96. The van der Waals surface area contributed by atoms with Gasteiger partial charge in [-0.05, 0) is 6.92 Å². The maximum Gasteiger partial charge on any atom is 0.245 e. The van der Waals surface area contributed by atoms with Gasteiger partial charge in [0.15, 0.2) is 11.6 Å². The van der Waals surface area contributed by atoms with E-state index in [1.165, 1.54) is 11.1 Å². The van der Waals surface area contributed by atoms with Gasteiger partial charge in [0.1, 0.15) is 5.76 Å². The highest BCUT2D eigenvalue weighted by Gasteiger charge is 2.16. The number of carbonyl (C=O) groups excluding carboxylic acids is 1. The molecule has 0 bridgehead atoms. The summed E-state index contributed by atoms with van der Waals surface area (Å²) >= 11 is 5.87. The number of carbonyl (C=O) groups is 1. The van der Waals surface area contributed by atoms with Gasteiger partial charge in [0.25, 0.3) is 0 Å². The van der Waals surface area contributed by atoms with Crippen LogP contribution in [-0.4, -0.2) is 29.6 Å². The normalized spacial score (nSPS) is 10.4. The molecular weight excluding hydrogens is 287 g/mol. The van der Waals surface area contributed by atoms with Crippen LogP contribution in [0.5, 0.6) is 0 Å². The lowest BCUT2D eigenvalue weighted by Crippen LogP contribution is -2.31. The number of aryl methyl sites for hydroxylation is 1. The van der Waals surface area contributed by atoms with Gasteiger partial charge < -0.3 is 14.7 Å². The summed E-state index contributed by atoms with van der Waals surface area (Å²) < 4.78 is 18.5. The van der Waals surface area contributed by atoms with E-state index >= 15 is 0 Å². The molecule has 1 amide bonds. The smallest absolute Gasteiger partial charge is 0.245 e. The van der Waals surface area contributed by atoms with Crippen LogP contribution < -0.4 is 10.2 Å². The van der Waals surface area contributed by atoms with E-state index in [0.29, 0.717) is 11.6 Å². The van der Waals surface area contributed by atoms with Gasteiger partial charge in [-0.2, -0.15) is 0 Å². The molecule has 0 spiro atoms. The lowest BCUT2D eigenvalue weighted by molar-refractivity contribution is -0.115. The molecule has 0 fully saturated rings. The quantitative estimate of drug-likeness (QED) is 0.937. The number of hydrogen-bond acceptors (Lipinski definition) is 5. The Kier molecular flexibility index (Phi) is 4.19. The van der Waals surface area contributed by atoms with Crippen molar-refractivity contribution in [3.8, 4) is 0 Å². The lowest BCUT2D eigenvalue weighted by Gasteiger charge is -2.19. The predicted octanol–water partition coefficient (Wildman–Crippen LogP) is 2.25. The van der Waals surface area contributed by atoms with Gasteiger partial charge in [0, 0.05) is 19.3 Å². The molecule has 8 heteroatoms. The second-order valence-corrected chi connectivity index (χ2v) is 4.59. The van der Waals surface area contributed by atoms with Crippen LogP contribution in [0.15, 0.2) is 23.0 Å². The van der Waals surface area contributed by atoms with Gasteiger partial charge in [-0.25, -0.2) is 4.39 Å². The molecule has 0 unspecified atom stereocenters. The van der Waals surface area contributed by atoms with Crippen molar-refractivity contribution in [2.24, 2.45) is 0 Å². The average molecular weight is 299 g/mol. The number of anilines is 2. The molecule has 0 atom stereocenters. The third-order valence-electron chi connectivity index (χ3n) is 2.49. The highest BCUT2D eigenvalue weighted by atomic mass is 35.5. The number of likely N-dealkylation sites (N-methyl/N-ethyl adjacent to an activating group) is 1. The first-order valence-electron chi connectivity index (χ1n) is 5.70. The average Bonchev–Trinajstić information content (AvgIpc) is 2.74. The van der Waals surface area contributed by atoms with E-state index in [1.54, 1.807) is 20.0 Å². The maximum atomic E-state index is 13.6. The second kappa shape index (κ2) is 5.87. The number of nitrogens with zero attached hydrogens (tertiary/aromatic N) is 3. The van der Waals surface area contributed by atoms with Crippen molar-refractivity contribution in [2.45, 2.75) is 6.92 Å². The van der Waals surface area contributed by atoms with E-state index in [1.807, 2.05) is 0 Å². The molecule has 2 heterocycles. The Hall–Kier alpha value is -2.15. The molecule has 0 aliphatic rings. The summed E-state index contributed by atoms with van der Waals surface area (Å²) in [5, 5.41) is 6.31. The molecule has 2 aromatic rings. The zero-order chi connectivity index (χ0) is 14.7. The van der Waals surface area contributed by atoms with Crippen molar-refractivity contribution in [2.75, 3.05) is 23.8 Å². The van der Waals surface area contributed by atoms with Gasteiger partial charge >= 0.3 is 0 Å². The zero-order valence-corrected chi connectivity index (χ0v) is 11.6. The summed E-state index contributed by atoms with van der Waals surface area (Å²) in [5.41, 5.74) is 0.119. The van der Waals surface area contributed by atoms with Crippen LogP contribution in [0.1, 0.15) is 5.76 Å². The molecule has 20 heavy (non-hydrogen) atoms. The highest BCUT2D eigenvalue weighted by molar-refractivity contribution is 6.33. The van der Waals surface area contributed by atoms with E-state index in [-0.39, 0.29) is 23.2 Å². The van der Waals surface area contributed by atoms with Crippen LogP contribution in [0.2, 0.25) is 5.02 Å². The summed E-state index contributed by atoms with van der Waals surface area (Å²) in [7, 11) is 1.55. The van der Waals surface area contributed by atoms with Gasteiger partial charge in [-0.1, -0.05) is 16.8 Å². The van der Waals surface area contributed by atoms with E-state index in [2.05, 4.69) is 15.5 Å². The van der Waals surface area contributed by atoms with E-state index in [0.717, 1.165) is 6.20 Å². The van der Waals surface area contributed by atoms with Crippen molar-refractivity contribution in [1.29, 1.82) is 0 Å². The molecule has 0 saturated carbocycles. The molecule has 0 aromatic carbocycles. The van der Waals surface area contributed by atoms with Crippen molar-refractivity contribution in [3.05, 3.63) is 35.1 Å². The van der Waals surface area contributed by atoms with Crippen molar-refractivity contribution >= 4 is 29.0 Å². The van der Waals surface area contributed by atoms with Crippen LogP contribution in [0.25, 0.3) is 0 Å². The van der Waals surface area contributed by atoms with Crippen molar-refractivity contribution in [3.63, 3.8) is 0 Å². The molecule has 0 aliphatic heterocycles. The first kappa shape index (κ1) is 14.3. The number of pyridine rings is 1.